The summed E-state index contributed by atoms with van der Waals surface area (Å²) in [6.07, 6.45) is 1.80. The molecule has 1 spiro atoms. The minimum absolute atomic E-state index is 0.0154. The van der Waals surface area contributed by atoms with Crippen LogP contribution < -0.4 is 9.47 Å². The second kappa shape index (κ2) is 6.76. The van der Waals surface area contributed by atoms with Gasteiger partial charge in [-0.1, -0.05) is 0 Å². The van der Waals surface area contributed by atoms with Crippen LogP contribution in [0.5, 0.6) is 11.5 Å². The van der Waals surface area contributed by atoms with Crippen LogP contribution in [0.15, 0.2) is 24.3 Å². The Morgan fingerprint density at radius 1 is 1.39 bits per heavy atom. The summed E-state index contributed by atoms with van der Waals surface area (Å²) >= 11 is 0. The van der Waals surface area contributed by atoms with E-state index in [1.165, 1.54) is 0 Å². The molecule has 0 aromatic heterocycles. The molecule has 2 fully saturated rings. The number of rotatable bonds is 4. The first-order valence-electron chi connectivity index (χ1n) is 8.00. The summed E-state index contributed by atoms with van der Waals surface area (Å²) in [7, 11) is 1.60. The highest BCUT2D eigenvalue weighted by molar-refractivity contribution is 5.78. The van der Waals surface area contributed by atoms with Crippen LogP contribution in [0.2, 0.25) is 0 Å². The Kier molecular flexibility index (Phi) is 4.73. The third-order valence-corrected chi connectivity index (χ3v) is 4.65. The molecular weight excluding hydrogens is 298 g/mol. The van der Waals surface area contributed by atoms with Gasteiger partial charge in [-0.25, -0.2) is 0 Å². The first-order valence-corrected chi connectivity index (χ1v) is 8.00. The predicted octanol–water partition coefficient (Wildman–Crippen LogP) is 1.22. The number of carbonyl (C=O) groups is 1. The SMILES string of the molecule is COc1ccc(OCC(=O)N2CC[C@H](O)[C@]3(CCCO3)C2)cc1. The van der Waals surface area contributed by atoms with E-state index in [4.69, 9.17) is 14.2 Å². The third-order valence-electron chi connectivity index (χ3n) is 4.65. The van der Waals surface area contributed by atoms with E-state index in [0.29, 0.717) is 31.9 Å². The van der Waals surface area contributed by atoms with Crippen molar-refractivity contribution >= 4 is 5.91 Å². The topological polar surface area (TPSA) is 68.2 Å². The maximum Gasteiger partial charge on any atom is 0.260 e. The number of aliphatic hydroxyl groups is 1. The van der Waals surface area contributed by atoms with Gasteiger partial charge in [0.25, 0.3) is 5.91 Å². The number of likely N-dealkylation sites (tertiary alicyclic amines) is 1. The summed E-state index contributed by atoms with van der Waals surface area (Å²) in [6, 6.07) is 7.12. The molecule has 0 bridgehead atoms. The molecule has 2 heterocycles. The molecule has 0 saturated carbocycles. The zero-order chi connectivity index (χ0) is 16.3. The zero-order valence-corrected chi connectivity index (χ0v) is 13.4. The molecular formula is C17H23NO5. The summed E-state index contributed by atoms with van der Waals surface area (Å²) in [5.74, 6) is 1.29. The molecule has 3 rings (SSSR count). The second-order valence-electron chi connectivity index (χ2n) is 6.10. The molecule has 2 atom stereocenters. The van der Waals surface area contributed by atoms with Crippen LogP contribution >= 0.6 is 0 Å². The lowest BCUT2D eigenvalue weighted by molar-refractivity contribution is -0.156. The maximum atomic E-state index is 12.4. The monoisotopic (exact) mass is 321 g/mol. The van der Waals surface area contributed by atoms with Crippen LogP contribution in [0, 0.1) is 0 Å². The van der Waals surface area contributed by atoms with Gasteiger partial charge in [0.1, 0.15) is 17.1 Å². The Morgan fingerprint density at radius 2 is 2.13 bits per heavy atom. The number of benzene rings is 1. The van der Waals surface area contributed by atoms with Crippen molar-refractivity contribution in [2.75, 3.05) is 33.4 Å². The summed E-state index contributed by atoms with van der Waals surface area (Å²) in [5, 5.41) is 10.2. The highest BCUT2D eigenvalue weighted by atomic mass is 16.5. The van der Waals surface area contributed by atoms with Gasteiger partial charge in [0.15, 0.2) is 6.61 Å². The minimum Gasteiger partial charge on any atom is -0.497 e. The number of piperidine rings is 1. The van der Waals surface area contributed by atoms with Gasteiger partial charge in [0.2, 0.25) is 0 Å². The van der Waals surface area contributed by atoms with Gasteiger partial charge in [-0.05, 0) is 43.5 Å². The number of carbonyl (C=O) groups excluding carboxylic acids is 1. The van der Waals surface area contributed by atoms with Crippen molar-refractivity contribution in [3.63, 3.8) is 0 Å². The Morgan fingerprint density at radius 3 is 2.78 bits per heavy atom. The first kappa shape index (κ1) is 16.1. The van der Waals surface area contributed by atoms with E-state index in [-0.39, 0.29) is 12.5 Å². The van der Waals surface area contributed by atoms with E-state index >= 15 is 0 Å². The first-order chi connectivity index (χ1) is 11.1. The summed E-state index contributed by atoms with van der Waals surface area (Å²) in [5.41, 5.74) is -0.575. The average Bonchev–Trinajstić information content (AvgIpc) is 3.05. The Labute approximate surface area is 135 Å². The average molecular weight is 321 g/mol. The van der Waals surface area contributed by atoms with Gasteiger partial charge in [0.05, 0.1) is 19.8 Å². The standard InChI is InChI=1S/C17H23NO5/c1-21-13-3-5-14(6-4-13)22-11-16(20)18-9-7-15(19)17(12-18)8-2-10-23-17/h3-6,15,19H,2,7-12H2,1H3/t15-,17-/m0/s1. The summed E-state index contributed by atoms with van der Waals surface area (Å²) in [6.45, 7) is 1.62. The minimum atomic E-state index is -0.575. The quantitative estimate of drug-likeness (QED) is 0.903. The van der Waals surface area contributed by atoms with Crippen molar-refractivity contribution in [3.8, 4) is 11.5 Å². The van der Waals surface area contributed by atoms with E-state index in [1.807, 2.05) is 0 Å². The lowest BCUT2D eigenvalue weighted by Crippen LogP contribution is -2.58. The van der Waals surface area contributed by atoms with Crippen molar-refractivity contribution in [1.29, 1.82) is 0 Å². The lowest BCUT2D eigenvalue weighted by Gasteiger charge is -2.43. The summed E-state index contributed by atoms with van der Waals surface area (Å²) < 4.78 is 16.4. The fraction of sp³-hybridized carbons (Fsp3) is 0.588. The highest BCUT2D eigenvalue weighted by Gasteiger charge is 2.47. The fourth-order valence-corrected chi connectivity index (χ4v) is 3.28. The van der Waals surface area contributed by atoms with Crippen LogP contribution in [0.3, 0.4) is 0 Å². The fourth-order valence-electron chi connectivity index (χ4n) is 3.28. The lowest BCUT2D eigenvalue weighted by atomic mass is 9.87. The van der Waals surface area contributed by atoms with Crippen LogP contribution in [-0.4, -0.2) is 61.0 Å². The van der Waals surface area contributed by atoms with Gasteiger partial charge in [-0.15, -0.1) is 0 Å². The number of aliphatic hydroxyl groups excluding tert-OH is 1. The molecule has 23 heavy (non-hydrogen) atoms. The molecule has 1 aromatic rings. The van der Waals surface area contributed by atoms with Crippen LogP contribution in [-0.2, 0) is 9.53 Å². The van der Waals surface area contributed by atoms with Gasteiger partial charge in [-0.3, -0.25) is 4.79 Å². The largest absolute Gasteiger partial charge is 0.497 e. The molecule has 6 heteroatoms. The van der Waals surface area contributed by atoms with Crippen LogP contribution in [0.4, 0.5) is 0 Å². The van der Waals surface area contributed by atoms with Crippen molar-refractivity contribution in [1.82, 2.24) is 4.90 Å². The molecule has 2 aliphatic rings. The number of nitrogens with zero attached hydrogens (tertiary/aromatic N) is 1. The van der Waals surface area contributed by atoms with Crippen molar-refractivity contribution in [3.05, 3.63) is 24.3 Å². The molecule has 6 nitrogen and oxygen atoms in total. The Balaban J connectivity index is 1.55. The van der Waals surface area contributed by atoms with E-state index in [0.717, 1.165) is 18.6 Å². The van der Waals surface area contributed by atoms with Crippen molar-refractivity contribution < 1.29 is 24.1 Å². The van der Waals surface area contributed by atoms with Crippen molar-refractivity contribution in [2.24, 2.45) is 0 Å². The third kappa shape index (κ3) is 3.43. The van der Waals surface area contributed by atoms with Gasteiger partial charge in [-0.2, -0.15) is 0 Å². The van der Waals surface area contributed by atoms with E-state index in [2.05, 4.69) is 0 Å². The number of methoxy groups -OCH3 is 1. The normalized spacial score (nSPS) is 27.2. The zero-order valence-electron chi connectivity index (χ0n) is 13.4. The highest BCUT2D eigenvalue weighted by Crippen LogP contribution is 2.34. The van der Waals surface area contributed by atoms with E-state index in [1.54, 1.807) is 36.3 Å². The van der Waals surface area contributed by atoms with Gasteiger partial charge < -0.3 is 24.2 Å². The molecule has 126 valence electrons. The molecule has 0 radical (unpaired) electrons. The van der Waals surface area contributed by atoms with Crippen LogP contribution in [0.1, 0.15) is 19.3 Å². The number of amides is 1. The molecule has 2 saturated heterocycles. The van der Waals surface area contributed by atoms with Crippen LogP contribution in [0.25, 0.3) is 0 Å². The number of ether oxygens (including phenoxy) is 3. The Bertz CT molecular complexity index is 538. The Hall–Kier alpha value is -1.79. The van der Waals surface area contributed by atoms with Gasteiger partial charge >= 0.3 is 0 Å². The summed E-state index contributed by atoms with van der Waals surface area (Å²) in [4.78, 5) is 14.1. The second-order valence-corrected chi connectivity index (χ2v) is 6.10. The molecule has 0 unspecified atom stereocenters. The molecule has 1 aromatic carbocycles. The molecule has 2 aliphatic heterocycles. The smallest absolute Gasteiger partial charge is 0.260 e. The maximum absolute atomic E-state index is 12.4. The molecule has 1 N–H and O–H groups in total. The molecule has 0 aliphatic carbocycles. The van der Waals surface area contributed by atoms with E-state index in [9.17, 15) is 9.90 Å². The number of hydrogen-bond acceptors (Lipinski definition) is 5. The number of hydrogen-bond donors (Lipinski definition) is 1. The van der Waals surface area contributed by atoms with Crippen molar-refractivity contribution in [2.45, 2.75) is 31.0 Å². The predicted molar refractivity (Wildman–Crippen MR) is 83.6 cm³/mol. The van der Waals surface area contributed by atoms with Gasteiger partial charge in [0, 0.05) is 13.2 Å². The molecule has 1 amide bonds. The van der Waals surface area contributed by atoms with E-state index < -0.39 is 11.7 Å².